The molecule has 5 heteroatoms. The molecule has 1 aromatic heterocycles. The number of aromatic nitrogens is 1. The van der Waals surface area contributed by atoms with Gasteiger partial charge in [0.25, 0.3) is 0 Å². The van der Waals surface area contributed by atoms with Crippen LogP contribution in [-0.2, 0) is 13.2 Å². The molecule has 0 radical (unpaired) electrons. The third-order valence-electron chi connectivity index (χ3n) is 3.00. The van der Waals surface area contributed by atoms with Crippen LogP contribution >= 0.6 is 15.9 Å². The molecule has 0 saturated carbocycles. The molecule has 0 atom stereocenters. The smallest absolute Gasteiger partial charge is 0.175 e. The van der Waals surface area contributed by atoms with Crippen LogP contribution in [0.4, 0.5) is 0 Å². The number of hydrogen-bond donors (Lipinski definition) is 1. The first-order chi connectivity index (χ1) is 10.2. The number of ether oxygens (including phenoxy) is 2. The Labute approximate surface area is 133 Å². The van der Waals surface area contributed by atoms with E-state index in [0.29, 0.717) is 6.61 Å². The van der Waals surface area contributed by atoms with Crippen molar-refractivity contribution in [3.05, 3.63) is 52.3 Å². The molecule has 0 aliphatic carbocycles. The number of hydrogen-bond acceptors (Lipinski definition) is 4. The van der Waals surface area contributed by atoms with E-state index < -0.39 is 0 Å². The van der Waals surface area contributed by atoms with Crippen LogP contribution in [0, 0.1) is 0 Å². The van der Waals surface area contributed by atoms with Gasteiger partial charge in [0.15, 0.2) is 11.5 Å². The largest absolute Gasteiger partial charge is 0.493 e. The minimum atomic E-state index is 0.476. The second kappa shape index (κ2) is 8.00. The molecule has 112 valence electrons. The highest BCUT2D eigenvalue weighted by molar-refractivity contribution is 9.10. The van der Waals surface area contributed by atoms with E-state index >= 15 is 0 Å². The zero-order valence-corrected chi connectivity index (χ0v) is 13.8. The van der Waals surface area contributed by atoms with Crippen LogP contribution in [0.25, 0.3) is 0 Å². The summed E-state index contributed by atoms with van der Waals surface area (Å²) in [5.74, 6) is 1.45. The Hall–Kier alpha value is -1.59. The maximum atomic E-state index is 5.88. The molecule has 0 saturated heterocycles. The van der Waals surface area contributed by atoms with E-state index in [-0.39, 0.29) is 0 Å². The molecule has 0 unspecified atom stereocenters. The van der Waals surface area contributed by atoms with Gasteiger partial charge in [-0.25, -0.2) is 0 Å². The Morgan fingerprint density at radius 3 is 2.62 bits per heavy atom. The maximum absolute atomic E-state index is 5.88. The quantitative estimate of drug-likeness (QED) is 0.829. The van der Waals surface area contributed by atoms with E-state index in [1.807, 2.05) is 24.3 Å². The lowest BCUT2D eigenvalue weighted by Gasteiger charge is -2.14. The Morgan fingerprint density at radius 1 is 1.19 bits per heavy atom. The van der Waals surface area contributed by atoms with Crippen molar-refractivity contribution in [2.75, 3.05) is 13.7 Å². The van der Waals surface area contributed by atoms with E-state index in [9.17, 15) is 0 Å². The summed E-state index contributed by atoms with van der Waals surface area (Å²) in [6, 6.07) is 7.90. The van der Waals surface area contributed by atoms with Crippen molar-refractivity contribution in [1.82, 2.24) is 10.3 Å². The minimum absolute atomic E-state index is 0.476. The number of benzene rings is 1. The average Bonchev–Trinajstić information content (AvgIpc) is 2.52. The third-order valence-corrected chi connectivity index (χ3v) is 3.59. The molecule has 0 bridgehead atoms. The van der Waals surface area contributed by atoms with Crippen LogP contribution in [0.5, 0.6) is 11.5 Å². The Balaban J connectivity index is 2.14. The summed E-state index contributed by atoms with van der Waals surface area (Å²) < 4.78 is 12.2. The summed E-state index contributed by atoms with van der Waals surface area (Å²) in [5, 5.41) is 3.30. The molecule has 0 aliphatic heterocycles. The normalized spacial score (nSPS) is 10.4. The van der Waals surface area contributed by atoms with Gasteiger partial charge in [-0.05, 0) is 57.9 Å². The Morgan fingerprint density at radius 2 is 1.95 bits per heavy atom. The summed E-state index contributed by atoms with van der Waals surface area (Å²) in [6.45, 7) is 4.29. The van der Waals surface area contributed by atoms with Crippen LogP contribution < -0.4 is 14.8 Å². The molecule has 1 N–H and O–H groups in total. The van der Waals surface area contributed by atoms with Gasteiger partial charge >= 0.3 is 0 Å². The second-order valence-corrected chi connectivity index (χ2v) is 5.39. The molecule has 0 amide bonds. The standard InChI is InChI=1S/C16H19BrN2O2/c1-3-18-10-13-8-14(17)16(15(9-13)20-2)21-11-12-4-6-19-7-5-12/h4-9,18H,3,10-11H2,1-2H3. The van der Waals surface area contributed by atoms with Gasteiger partial charge in [0.1, 0.15) is 6.61 Å². The number of pyridine rings is 1. The lowest BCUT2D eigenvalue weighted by Crippen LogP contribution is -2.12. The second-order valence-electron chi connectivity index (χ2n) is 4.53. The predicted molar refractivity (Wildman–Crippen MR) is 86.6 cm³/mol. The van der Waals surface area contributed by atoms with Crippen molar-refractivity contribution in [1.29, 1.82) is 0 Å². The number of nitrogens with one attached hydrogen (secondary N) is 1. The van der Waals surface area contributed by atoms with Gasteiger partial charge in [-0.2, -0.15) is 0 Å². The van der Waals surface area contributed by atoms with Gasteiger partial charge in [0.2, 0.25) is 0 Å². The summed E-state index contributed by atoms with van der Waals surface area (Å²) >= 11 is 3.56. The van der Waals surface area contributed by atoms with Crippen molar-refractivity contribution in [3.63, 3.8) is 0 Å². The molecule has 2 rings (SSSR count). The van der Waals surface area contributed by atoms with Gasteiger partial charge in [0, 0.05) is 18.9 Å². The van der Waals surface area contributed by atoms with Gasteiger partial charge in [0.05, 0.1) is 11.6 Å². The van der Waals surface area contributed by atoms with Crippen LogP contribution in [0.3, 0.4) is 0 Å². The van der Waals surface area contributed by atoms with Gasteiger partial charge in [-0.1, -0.05) is 6.92 Å². The highest BCUT2D eigenvalue weighted by Crippen LogP contribution is 2.37. The summed E-state index contributed by atoms with van der Waals surface area (Å²) in [5.41, 5.74) is 2.22. The number of halogens is 1. The van der Waals surface area contributed by atoms with Gasteiger partial charge in [-0.3, -0.25) is 4.98 Å². The minimum Gasteiger partial charge on any atom is -0.493 e. The van der Waals surface area contributed by atoms with Crippen molar-refractivity contribution < 1.29 is 9.47 Å². The number of nitrogens with zero attached hydrogens (tertiary/aromatic N) is 1. The first kappa shape index (κ1) is 15.8. The number of rotatable bonds is 7. The summed E-state index contributed by atoms with van der Waals surface area (Å²) in [4.78, 5) is 4.00. The van der Waals surface area contributed by atoms with Crippen LogP contribution in [-0.4, -0.2) is 18.6 Å². The third kappa shape index (κ3) is 4.44. The van der Waals surface area contributed by atoms with Crippen molar-refractivity contribution in [3.8, 4) is 11.5 Å². The molecule has 4 nitrogen and oxygen atoms in total. The Kier molecular flexibility index (Phi) is 6.02. The number of methoxy groups -OCH3 is 1. The maximum Gasteiger partial charge on any atom is 0.175 e. The topological polar surface area (TPSA) is 43.4 Å². The fourth-order valence-electron chi connectivity index (χ4n) is 1.92. The molecule has 1 heterocycles. The van der Waals surface area contributed by atoms with Crippen molar-refractivity contribution in [2.45, 2.75) is 20.1 Å². The fraction of sp³-hybridized carbons (Fsp3) is 0.312. The predicted octanol–water partition coefficient (Wildman–Crippen LogP) is 3.54. The van der Waals surface area contributed by atoms with E-state index in [2.05, 4.69) is 33.2 Å². The van der Waals surface area contributed by atoms with E-state index in [1.165, 1.54) is 0 Å². The first-order valence-electron chi connectivity index (χ1n) is 6.83. The monoisotopic (exact) mass is 350 g/mol. The first-order valence-corrected chi connectivity index (χ1v) is 7.62. The van der Waals surface area contributed by atoms with E-state index in [4.69, 9.17) is 9.47 Å². The van der Waals surface area contributed by atoms with E-state index in [0.717, 1.165) is 40.2 Å². The molecular formula is C16H19BrN2O2. The molecule has 2 aromatic rings. The fourth-order valence-corrected chi connectivity index (χ4v) is 2.52. The van der Waals surface area contributed by atoms with Crippen LogP contribution in [0.15, 0.2) is 41.1 Å². The molecule has 0 aliphatic rings. The average molecular weight is 351 g/mol. The van der Waals surface area contributed by atoms with E-state index in [1.54, 1.807) is 19.5 Å². The lowest BCUT2D eigenvalue weighted by atomic mass is 10.2. The SMILES string of the molecule is CCNCc1cc(Br)c(OCc2ccncc2)c(OC)c1. The molecule has 0 fully saturated rings. The zero-order valence-electron chi connectivity index (χ0n) is 12.2. The highest BCUT2D eigenvalue weighted by Gasteiger charge is 2.11. The van der Waals surface area contributed by atoms with Crippen molar-refractivity contribution >= 4 is 15.9 Å². The molecular weight excluding hydrogens is 332 g/mol. The van der Waals surface area contributed by atoms with Gasteiger partial charge < -0.3 is 14.8 Å². The lowest BCUT2D eigenvalue weighted by molar-refractivity contribution is 0.282. The molecule has 1 aromatic carbocycles. The van der Waals surface area contributed by atoms with Crippen molar-refractivity contribution in [2.24, 2.45) is 0 Å². The van der Waals surface area contributed by atoms with Gasteiger partial charge in [-0.15, -0.1) is 0 Å². The molecule has 0 spiro atoms. The highest BCUT2D eigenvalue weighted by atomic mass is 79.9. The zero-order chi connectivity index (χ0) is 15.1. The molecule has 21 heavy (non-hydrogen) atoms. The summed E-state index contributed by atoms with van der Waals surface area (Å²) in [7, 11) is 1.65. The summed E-state index contributed by atoms with van der Waals surface area (Å²) in [6.07, 6.45) is 3.51. The Bertz CT molecular complexity index is 576. The van der Waals surface area contributed by atoms with Crippen LogP contribution in [0.2, 0.25) is 0 Å². The van der Waals surface area contributed by atoms with Crippen LogP contribution in [0.1, 0.15) is 18.1 Å².